The highest BCUT2D eigenvalue weighted by Crippen LogP contribution is 2.28. The summed E-state index contributed by atoms with van der Waals surface area (Å²) in [7, 11) is 0. The third kappa shape index (κ3) is 4.04. The molecule has 3 heteroatoms. The molecule has 0 spiro atoms. The minimum Gasteiger partial charge on any atom is -0.355 e. The lowest BCUT2D eigenvalue weighted by Crippen LogP contribution is -2.44. The van der Waals surface area contributed by atoms with Gasteiger partial charge in [0.25, 0.3) is 0 Å². The number of piperidine rings is 1. The van der Waals surface area contributed by atoms with Crippen LogP contribution in [0.25, 0.3) is 0 Å². The van der Waals surface area contributed by atoms with Crippen molar-refractivity contribution in [2.45, 2.75) is 25.7 Å². The van der Waals surface area contributed by atoms with Crippen LogP contribution >= 0.6 is 0 Å². The van der Waals surface area contributed by atoms with E-state index in [9.17, 15) is 4.79 Å². The standard InChI is InChI=1S/C21H26N2O/c1-21(12-14-22-15-13-21)16-23-20(24)19(17-8-4-2-5-9-17)18-10-6-3-7-11-18/h2-11,19,22H,12-16H2,1H3,(H,23,24). The summed E-state index contributed by atoms with van der Waals surface area (Å²) in [6.07, 6.45) is 2.21. The molecular weight excluding hydrogens is 296 g/mol. The first-order valence-electron chi connectivity index (χ1n) is 8.76. The first kappa shape index (κ1) is 16.7. The Hall–Kier alpha value is -2.13. The molecule has 2 aromatic carbocycles. The third-order valence-electron chi connectivity index (χ3n) is 5.03. The quantitative estimate of drug-likeness (QED) is 0.886. The van der Waals surface area contributed by atoms with Crippen LogP contribution in [0, 0.1) is 5.41 Å². The summed E-state index contributed by atoms with van der Waals surface area (Å²) in [5.41, 5.74) is 2.27. The Morgan fingerprint density at radius 3 is 2.00 bits per heavy atom. The fourth-order valence-electron chi connectivity index (χ4n) is 3.40. The number of rotatable bonds is 5. The molecule has 0 bridgehead atoms. The highest BCUT2D eigenvalue weighted by Gasteiger charge is 2.29. The first-order chi connectivity index (χ1) is 11.7. The van der Waals surface area contributed by atoms with Crippen molar-refractivity contribution in [2.24, 2.45) is 5.41 Å². The summed E-state index contributed by atoms with van der Waals surface area (Å²) in [4.78, 5) is 13.0. The van der Waals surface area contributed by atoms with Crippen molar-refractivity contribution < 1.29 is 4.79 Å². The number of nitrogens with one attached hydrogen (secondary N) is 2. The Morgan fingerprint density at radius 2 is 1.50 bits per heavy atom. The van der Waals surface area contributed by atoms with E-state index < -0.39 is 0 Å². The summed E-state index contributed by atoms with van der Waals surface area (Å²) >= 11 is 0. The molecule has 2 N–H and O–H groups in total. The van der Waals surface area contributed by atoms with E-state index in [0.717, 1.165) is 43.6 Å². The van der Waals surface area contributed by atoms with Crippen molar-refractivity contribution in [3.8, 4) is 0 Å². The maximum absolute atomic E-state index is 13.0. The molecule has 1 fully saturated rings. The molecule has 3 nitrogen and oxygen atoms in total. The van der Waals surface area contributed by atoms with Gasteiger partial charge in [0.05, 0.1) is 5.92 Å². The highest BCUT2D eigenvalue weighted by atomic mass is 16.1. The summed E-state index contributed by atoms with van der Waals surface area (Å²) in [6, 6.07) is 20.1. The van der Waals surface area contributed by atoms with Crippen molar-refractivity contribution in [3.05, 3.63) is 71.8 Å². The topological polar surface area (TPSA) is 41.1 Å². The van der Waals surface area contributed by atoms with E-state index in [4.69, 9.17) is 0 Å². The van der Waals surface area contributed by atoms with E-state index in [1.165, 1.54) is 0 Å². The Labute approximate surface area is 144 Å². The second kappa shape index (κ2) is 7.63. The zero-order valence-corrected chi connectivity index (χ0v) is 14.3. The van der Waals surface area contributed by atoms with Gasteiger partial charge in [-0.15, -0.1) is 0 Å². The van der Waals surface area contributed by atoms with Gasteiger partial charge >= 0.3 is 0 Å². The number of benzene rings is 2. The second-order valence-corrected chi connectivity index (χ2v) is 7.03. The van der Waals surface area contributed by atoms with Crippen LogP contribution in [0.1, 0.15) is 36.8 Å². The molecule has 0 unspecified atom stereocenters. The average molecular weight is 322 g/mol. The van der Waals surface area contributed by atoms with Gasteiger partial charge in [-0.3, -0.25) is 4.79 Å². The zero-order chi connectivity index (χ0) is 16.8. The number of hydrogen-bond acceptors (Lipinski definition) is 2. The molecule has 1 aliphatic rings. The van der Waals surface area contributed by atoms with E-state index >= 15 is 0 Å². The fraction of sp³-hybridized carbons (Fsp3) is 0.381. The monoisotopic (exact) mass is 322 g/mol. The average Bonchev–Trinajstić information content (AvgIpc) is 2.63. The number of amides is 1. The first-order valence-corrected chi connectivity index (χ1v) is 8.76. The zero-order valence-electron chi connectivity index (χ0n) is 14.3. The molecule has 1 heterocycles. The Morgan fingerprint density at radius 1 is 1.00 bits per heavy atom. The van der Waals surface area contributed by atoms with Gasteiger partial charge < -0.3 is 10.6 Å². The van der Waals surface area contributed by atoms with Crippen molar-refractivity contribution in [3.63, 3.8) is 0 Å². The molecule has 0 aromatic heterocycles. The van der Waals surface area contributed by atoms with E-state index in [-0.39, 0.29) is 17.2 Å². The van der Waals surface area contributed by atoms with Gasteiger partial charge in [-0.05, 0) is 42.5 Å². The molecule has 1 amide bonds. The predicted octanol–water partition coefficient (Wildman–Crippen LogP) is 3.32. The van der Waals surface area contributed by atoms with Gasteiger partial charge in [0.1, 0.15) is 0 Å². The van der Waals surface area contributed by atoms with Gasteiger partial charge in [0.2, 0.25) is 5.91 Å². The fourth-order valence-corrected chi connectivity index (χ4v) is 3.40. The van der Waals surface area contributed by atoms with Crippen LogP contribution in [0.15, 0.2) is 60.7 Å². The largest absolute Gasteiger partial charge is 0.355 e. The summed E-state index contributed by atoms with van der Waals surface area (Å²) in [5.74, 6) is -0.162. The molecule has 0 atom stereocenters. The SMILES string of the molecule is CC1(CNC(=O)C(c2ccccc2)c2ccccc2)CCNCC1. The summed E-state index contributed by atoms with van der Waals surface area (Å²) < 4.78 is 0. The van der Waals surface area contributed by atoms with Crippen LogP contribution in [-0.4, -0.2) is 25.5 Å². The van der Waals surface area contributed by atoms with Gasteiger partial charge in [-0.1, -0.05) is 67.6 Å². The number of carbonyl (C=O) groups is 1. The smallest absolute Gasteiger partial charge is 0.232 e. The maximum atomic E-state index is 13.0. The van der Waals surface area contributed by atoms with Crippen LogP contribution < -0.4 is 10.6 Å². The number of carbonyl (C=O) groups excluding carboxylic acids is 1. The van der Waals surface area contributed by atoms with Crippen molar-refractivity contribution >= 4 is 5.91 Å². The molecular formula is C21H26N2O. The van der Waals surface area contributed by atoms with Crippen molar-refractivity contribution in [2.75, 3.05) is 19.6 Å². The van der Waals surface area contributed by atoms with Crippen molar-refractivity contribution in [1.29, 1.82) is 0 Å². The molecule has 3 rings (SSSR count). The minimum atomic E-state index is -0.252. The van der Waals surface area contributed by atoms with Gasteiger partial charge in [-0.2, -0.15) is 0 Å². The molecule has 24 heavy (non-hydrogen) atoms. The van der Waals surface area contributed by atoms with Crippen LogP contribution in [0.5, 0.6) is 0 Å². The Kier molecular flexibility index (Phi) is 5.31. The predicted molar refractivity (Wildman–Crippen MR) is 97.9 cm³/mol. The molecule has 0 aliphatic carbocycles. The normalized spacial score (nSPS) is 16.8. The lowest BCUT2D eigenvalue weighted by molar-refractivity contribution is -0.122. The van der Waals surface area contributed by atoms with Gasteiger partial charge in [0.15, 0.2) is 0 Å². The van der Waals surface area contributed by atoms with Crippen LogP contribution in [0.4, 0.5) is 0 Å². The molecule has 0 radical (unpaired) electrons. The molecule has 126 valence electrons. The van der Waals surface area contributed by atoms with Crippen LogP contribution in [-0.2, 0) is 4.79 Å². The Bertz CT molecular complexity index is 609. The highest BCUT2D eigenvalue weighted by molar-refractivity contribution is 5.87. The van der Waals surface area contributed by atoms with Crippen LogP contribution in [0.3, 0.4) is 0 Å². The molecule has 2 aromatic rings. The van der Waals surface area contributed by atoms with Gasteiger partial charge in [-0.25, -0.2) is 0 Å². The van der Waals surface area contributed by atoms with E-state index in [2.05, 4.69) is 17.6 Å². The molecule has 0 saturated carbocycles. The van der Waals surface area contributed by atoms with Gasteiger partial charge in [0, 0.05) is 6.54 Å². The molecule has 1 aliphatic heterocycles. The van der Waals surface area contributed by atoms with Crippen LogP contribution in [0.2, 0.25) is 0 Å². The van der Waals surface area contributed by atoms with E-state index in [1.54, 1.807) is 0 Å². The van der Waals surface area contributed by atoms with Crippen molar-refractivity contribution in [1.82, 2.24) is 10.6 Å². The summed E-state index contributed by atoms with van der Waals surface area (Å²) in [6.45, 7) is 5.08. The van der Waals surface area contributed by atoms with E-state index in [0.29, 0.717) is 0 Å². The lowest BCUT2D eigenvalue weighted by Gasteiger charge is -2.34. The Balaban J connectivity index is 1.77. The minimum absolute atomic E-state index is 0.0900. The number of hydrogen-bond donors (Lipinski definition) is 2. The summed E-state index contributed by atoms with van der Waals surface area (Å²) in [5, 5.41) is 6.61. The van der Waals surface area contributed by atoms with E-state index in [1.807, 2.05) is 60.7 Å². The molecule has 1 saturated heterocycles. The third-order valence-corrected chi connectivity index (χ3v) is 5.03. The maximum Gasteiger partial charge on any atom is 0.232 e. The lowest BCUT2D eigenvalue weighted by atomic mass is 9.80. The second-order valence-electron chi connectivity index (χ2n) is 7.03.